The molecule has 0 saturated carbocycles. The van der Waals surface area contributed by atoms with E-state index in [1.165, 1.54) is 42.8 Å². The minimum atomic E-state index is 0.438. The van der Waals surface area contributed by atoms with Crippen molar-refractivity contribution in [2.45, 2.75) is 39.7 Å². The van der Waals surface area contributed by atoms with E-state index in [1.54, 1.807) is 0 Å². The lowest BCUT2D eigenvalue weighted by molar-refractivity contribution is 0.110. The summed E-state index contributed by atoms with van der Waals surface area (Å²) < 4.78 is 0. The second-order valence-corrected chi connectivity index (χ2v) is 6.70. The lowest BCUT2D eigenvalue weighted by atomic mass is 9.78. The number of nitrogens with two attached hydrogens (primary N) is 1. The van der Waals surface area contributed by atoms with Crippen LogP contribution in [0.4, 0.5) is 0 Å². The molecule has 19 heavy (non-hydrogen) atoms. The van der Waals surface area contributed by atoms with Gasteiger partial charge in [0, 0.05) is 17.0 Å². The van der Waals surface area contributed by atoms with Gasteiger partial charge in [-0.05, 0) is 42.8 Å². The zero-order valence-electron chi connectivity index (χ0n) is 12.0. The standard InChI is InChI=1S/C16H24N2S/c1-3-16(2)7-10-18(11-8-16)13-15-14(5-4-9-17)6-12-19-15/h6,12H,3,7-11,13,17H2,1-2H3. The second-order valence-electron chi connectivity index (χ2n) is 5.70. The van der Waals surface area contributed by atoms with Crippen molar-refractivity contribution < 1.29 is 0 Å². The molecule has 0 radical (unpaired) electrons. The Hall–Kier alpha value is -0.820. The van der Waals surface area contributed by atoms with Gasteiger partial charge in [-0.2, -0.15) is 0 Å². The van der Waals surface area contributed by atoms with E-state index >= 15 is 0 Å². The molecule has 1 aliphatic rings. The molecule has 0 atom stereocenters. The van der Waals surface area contributed by atoms with E-state index in [2.05, 4.69) is 42.0 Å². The van der Waals surface area contributed by atoms with Gasteiger partial charge in [-0.1, -0.05) is 32.1 Å². The predicted octanol–water partition coefficient (Wildman–Crippen LogP) is 3.07. The molecule has 1 fully saturated rings. The van der Waals surface area contributed by atoms with Crippen molar-refractivity contribution in [3.63, 3.8) is 0 Å². The molecule has 0 aromatic carbocycles. The number of rotatable bonds is 3. The summed E-state index contributed by atoms with van der Waals surface area (Å²) in [5, 5.41) is 2.13. The number of likely N-dealkylation sites (tertiary alicyclic amines) is 1. The summed E-state index contributed by atoms with van der Waals surface area (Å²) in [4.78, 5) is 3.96. The Morgan fingerprint density at radius 1 is 1.42 bits per heavy atom. The number of thiophene rings is 1. The highest BCUT2D eigenvalue weighted by molar-refractivity contribution is 7.10. The highest BCUT2D eigenvalue weighted by Crippen LogP contribution is 2.34. The predicted molar refractivity (Wildman–Crippen MR) is 83.2 cm³/mol. The Balaban J connectivity index is 1.94. The van der Waals surface area contributed by atoms with Crippen LogP contribution < -0.4 is 5.73 Å². The highest BCUT2D eigenvalue weighted by atomic mass is 32.1. The lowest BCUT2D eigenvalue weighted by Crippen LogP contribution is -2.37. The Morgan fingerprint density at radius 2 is 2.16 bits per heavy atom. The summed E-state index contributed by atoms with van der Waals surface area (Å²) in [6, 6.07) is 2.11. The van der Waals surface area contributed by atoms with Crippen LogP contribution in [-0.2, 0) is 6.54 Å². The molecule has 1 aliphatic heterocycles. The van der Waals surface area contributed by atoms with E-state index in [0.717, 1.165) is 6.54 Å². The molecule has 2 N–H and O–H groups in total. The smallest absolute Gasteiger partial charge is 0.0555 e. The van der Waals surface area contributed by atoms with Crippen molar-refractivity contribution in [1.82, 2.24) is 4.90 Å². The van der Waals surface area contributed by atoms with Gasteiger partial charge in [0.25, 0.3) is 0 Å². The summed E-state index contributed by atoms with van der Waals surface area (Å²) in [5.74, 6) is 6.14. The third-order valence-electron chi connectivity index (χ3n) is 4.35. The first-order valence-electron chi connectivity index (χ1n) is 7.14. The number of piperidine rings is 1. The molecule has 1 aromatic heterocycles. The van der Waals surface area contributed by atoms with Gasteiger partial charge in [-0.3, -0.25) is 4.90 Å². The maximum absolute atomic E-state index is 5.44. The Morgan fingerprint density at radius 3 is 2.79 bits per heavy atom. The fraction of sp³-hybridized carbons (Fsp3) is 0.625. The molecular weight excluding hydrogens is 252 g/mol. The zero-order chi connectivity index (χ0) is 13.7. The van der Waals surface area contributed by atoms with Gasteiger partial charge in [-0.25, -0.2) is 0 Å². The van der Waals surface area contributed by atoms with E-state index in [9.17, 15) is 0 Å². The molecule has 2 heterocycles. The first-order valence-corrected chi connectivity index (χ1v) is 8.02. The number of nitrogens with zero attached hydrogens (tertiary/aromatic N) is 1. The molecule has 0 amide bonds. The fourth-order valence-corrected chi connectivity index (χ4v) is 3.40. The normalized spacial score (nSPS) is 18.9. The van der Waals surface area contributed by atoms with E-state index in [1.807, 2.05) is 11.3 Å². The number of hydrogen-bond acceptors (Lipinski definition) is 3. The molecule has 0 aliphatic carbocycles. The third-order valence-corrected chi connectivity index (χ3v) is 5.26. The van der Waals surface area contributed by atoms with Gasteiger partial charge in [0.2, 0.25) is 0 Å². The molecule has 2 rings (SSSR count). The van der Waals surface area contributed by atoms with Crippen molar-refractivity contribution in [2.75, 3.05) is 19.6 Å². The summed E-state index contributed by atoms with van der Waals surface area (Å²) >= 11 is 1.81. The summed E-state index contributed by atoms with van der Waals surface area (Å²) in [6.45, 7) is 8.65. The molecule has 0 spiro atoms. The highest BCUT2D eigenvalue weighted by Gasteiger charge is 2.28. The van der Waals surface area contributed by atoms with Gasteiger partial charge < -0.3 is 5.73 Å². The Bertz CT molecular complexity index is 459. The van der Waals surface area contributed by atoms with Crippen LogP contribution in [0.5, 0.6) is 0 Å². The van der Waals surface area contributed by atoms with Gasteiger partial charge in [-0.15, -0.1) is 11.3 Å². The van der Waals surface area contributed by atoms with Crippen molar-refractivity contribution in [3.8, 4) is 11.8 Å². The van der Waals surface area contributed by atoms with Crippen LogP contribution in [0.3, 0.4) is 0 Å². The average molecular weight is 276 g/mol. The van der Waals surface area contributed by atoms with Crippen LogP contribution in [0.15, 0.2) is 11.4 Å². The molecule has 1 aromatic rings. The molecule has 3 heteroatoms. The molecule has 0 bridgehead atoms. The Kier molecular flexibility index (Phi) is 5.04. The van der Waals surface area contributed by atoms with Crippen molar-refractivity contribution in [1.29, 1.82) is 0 Å². The minimum absolute atomic E-state index is 0.438. The molecule has 1 saturated heterocycles. The van der Waals surface area contributed by atoms with Gasteiger partial charge in [0.1, 0.15) is 0 Å². The van der Waals surface area contributed by atoms with E-state index < -0.39 is 0 Å². The monoisotopic (exact) mass is 276 g/mol. The second kappa shape index (κ2) is 6.56. The van der Waals surface area contributed by atoms with E-state index in [4.69, 9.17) is 5.73 Å². The maximum atomic E-state index is 5.44. The zero-order valence-corrected chi connectivity index (χ0v) is 12.9. The lowest BCUT2D eigenvalue weighted by Gasteiger charge is -2.38. The largest absolute Gasteiger partial charge is 0.320 e. The van der Waals surface area contributed by atoms with Crippen LogP contribution in [0.25, 0.3) is 0 Å². The van der Waals surface area contributed by atoms with Gasteiger partial charge in [0.05, 0.1) is 6.54 Å². The topological polar surface area (TPSA) is 29.3 Å². The SMILES string of the molecule is CCC1(C)CCN(Cc2sccc2C#CCN)CC1. The minimum Gasteiger partial charge on any atom is -0.320 e. The van der Waals surface area contributed by atoms with Crippen LogP contribution in [-0.4, -0.2) is 24.5 Å². The molecule has 104 valence electrons. The number of hydrogen-bond donors (Lipinski definition) is 1. The van der Waals surface area contributed by atoms with Crippen molar-refractivity contribution in [3.05, 3.63) is 21.9 Å². The average Bonchev–Trinajstić information content (AvgIpc) is 2.86. The van der Waals surface area contributed by atoms with Crippen LogP contribution in [0, 0.1) is 17.3 Å². The Labute approximate surface area is 121 Å². The van der Waals surface area contributed by atoms with Crippen molar-refractivity contribution >= 4 is 11.3 Å². The summed E-state index contributed by atoms with van der Waals surface area (Å²) in [7, 11) is 0. The van der Waals surface area contributed by atoms with Crippen LogP contribution in [0.1, 0.15) is 43.6 Å². The van der Waals surface area contributed by atoms with Crippen LogP contribution in [0.2, 0.25) is 0 Å². The first-order chi connectivity index (χ1) is 9.17. The third kappa shape index (κ3) is 3.82. The van der Waals surface area contributed by atoms with E-state index in [-0.39, 0.29) is 0 Å². The first kappa shape index (κ1) is 14.6. The maximum Gasteiger partial charge on any atom is 0.0555 e. The van der Waals surface area contributed by atoms with Crippen molar-refractivity contribution in [2.24, 2.45) is 11.1 Å². The van der Waals surface area contributed by atoms with E-state index in [0.29, 0.717) is 12.0 Å². The van der Waals surface area contributed by atoms with Crippen LogP contribution >= 0.6 is 11.3 Å². The molecule has 0 unspecified atom stereocenters. The molecule has 2 nitrogen and oxygen atoms in total. The van der Waals surface area contributed by atoms with Gasteiger partial charge in [0.15, 0.2) is 0 Å². The fourth-order valence-electron chi connectivity index (χ4n) is 2.53. The quantitative estimate of drug-likeness (QED) is 0.860. The summed E-state index contributed by atoms with van der Waals surface area (Å²) in [6.07, 6.45) is 3.93. The molecular formula is C16H24N2S. The van der Waals surface area contributed by atoms with Gasteiger partial charge >= 0.3 is 0 Å². The summed E-state index contributed by atoms with van der Waals surface area (Å²) in [5.41, 5.74) is 7.17.